The minimum atomic E-state index is -0.275. The molecule has 0 aromatic heterocycles. The van der Waals surface area contributed by atoms with Gasteiger partial charge in [0, 0.05) is 11.6 Å². The summed E-state index contributed by atoms with van der Waals surface area (Å²) in [7, 11) is 1.75. The number of hydrogen-bond acceptors (Lipinski definition) is 4. The number of amides is 1. The molecule has 1 amide bonds. The van der Waals surface area contributed by atoms with Crippen LogP contribution in [0.1, 0.15) is 13.3 Å². The zero-order valence-electron chi connectivity index (χ0n) is 12.0. The van der Waals surface area contributed by atoms with E-state index in [1.807, 2.05) is 0 Å². The smallest absolute Gasteiger partial charge is 0.307 e. The van der Waals surface area contributed by atoms with Gasteiger partial charge in [0.25, 0.3) is 0 Å². The largest absolute Gasteiger partial charge is 0.466 e. The van der Waals surface area contributed by atoms with E-state index in [9.17, 15) is 9.59 Å². The van der Waals surface area contributed by atoms with E-state index in [1.165, 1.54) is 0 Å². The maximum atomic E-state index is 11.9. The van der Waals surface area contributed by atoms with Crippen molar-refractivity contribution in [2.75, 3.05) is 32.1 Å². The van der Waals surface area contributed by atoms with Gasteiger partial charge in [-0.15, -0.1) is 0 Å². The summed E-state index contributed by atoms with van der Waals surface area (Å²) < 4.78 is 4.82. The number of esters is 1. The summed E-state index contributed by atoms with van der Waals surface area (Å²) in [5.41, 5.74) is 0.466. The second kappa shape index (κ2) is 8.87. The van der Waals surface area contributed by atoms with Crippen LogP contribution in [0.15, 0.2) is 18.2 Å². The maximum Gasteiger partial charge on any atom is 0.307 e. The number of rotatable bonds is 7. The zero-order valence-corrected chi connectivity index (χ0v) is 13.5. The van der Waals surface area contributed by atoms with Gasteiger partial charge in [-0.2, -0.15) is 0 Å². The third-order valence-corrected chi connectivity index (χ3v) is 3.18. The Morgan fingerprint density at radius 2 is 2.05 bits per heavy atom. The Morgan fingerprint density at radius 1 is 1.33 bits per heavy atom. The third kappa shape index (κ3) is 6.80. The third-order valence-electron chi connectivity index (χ3n) is 2.62. The van der Waals surface area contributed by atoms with Crippen LogP contribution in [0.5, 0.6) is 0 Å². The van der Waals surface area contributed by atoms with Gasteiger partial charge in [-0.25, -0.2) is 0 Å². The molecule has 0 spiro atoms. The van der Waals surface area contributed by atoms with Gasteiger partial charge >= 0.3 is 5.97 Å². The van der Waals surface area contributed by atoms with E-state index >= 15 is 0 Å². The number of carbonyl (C=O) groups is 2. The summed E-state index contributed by atoms with van der Waals surface area (Å²) in [5.74, 6) is -0.506. The molecule has 0 aliphatic carbocycles. The van der Waals surface area contributed by atoms with Gasteiger partial charge < -0.3 is 10.1 Å². The van der Waals surface area contributed by atoms with Crippen molar-refractivity contribution < 1.29 is 14.3 Å². The first-order chi connectivity index (χ1) is 9.92. The zero-order chi connectivity index (χ0) is 15.8. The molecule has 0 atom stereocenters. The van der Waals surface area contributed by atoms with Gasteiger partial charge in [0.15, 0.2) is 0 Å². The van der Waals surface area contributed by atoms with Crippen LogP contribution in [0.4, 0.5) is 5.69 Å². The molecular formula is C14H18Cl2N2O3. The molecule has 0 fully saturated rings. The number of anilines is 1. The summed E-state index contributed by atoms with van der Waals surface area (Å²) in [6.07, 6.45) is 0.246. The van der Waals surface area contributed by atoms with Gasteiger partial charge in [0.1, 0.15) is 0 Å². The highest BCUT2D eigenvalue weighted by Crippen LogP contribution is 2.25. The van der Waals surface area contributed by atoms with Crippen molar-refractivity contribution in [3.05, 3.63) is 28.2 Å². The van der Waals surface area contributed by atoms with Gasteiger partial charge in [-0.3, -0.25) is 14.5 Å². The summed E-state index contributed by atoms with van der Waals surface area (Å²) >= 11 is 11.8. The lowest BCUT2D eigenvalue weighted by Crippen LogP contribution is -2.32. The normalized spacial score (nSPS) is 10.5. The van der Waals surface area contributed by atoms with E-state index in [0.29, 0.717) is 28.9 Å². The van der Waals surface area contributed by atoms with Crippen molar-refractivity contribution in [3.8, 4) is 0 Å². The fraction of sp³-hybridized carbons (Fsp3) is 0.429. The van der Waals surface area contributed by atoms with E-state index in [1.54, 1.807) is 37.1 Å². The van der Waals surface area contributed by atoms with Gasteiger partial charge in [-0.05, 0) is 32.2 Å². The second-order valence-corrected chi connectivity index (χ2v) is 5.31. The number of benzene rings is 1. The van der Waals surface area contributed by atoms with Gasteiger partial charge in [0.05, 0.1) is 30.3 Å². The lowest BCUT2D eigenvalue weighted by atomic mass is 10.3. The lowest BCUT2D eigenvalue weighted by molar-refractivity contribution is -0.143. The van der Waals surface area contributed by atoms with E-state index < -0.39 is 0 Å². The Labute approximate surface area is 134 Å². The molecule has 0 heterocycles. The number of halogens is 2. The van der Waals surface area contributed by atoms with E-state index in [4.69, 9.17) is 27.9 Å². The van der Waals surface area contributed by atoms with E-state index in [-0.39, 0.29) is 24.8 Å². The first-order valence-electron chi connectivity index (χ1n) is 6.51. The predicted octanol–water partition coefficient (Wildman–Crippen LogP) is 2.82. The van der Waals surface area contributed by atoms with Crippen LogP contribution in [-0.4, -0.2) is 43.5 Å². The van der Waals surface area contributed by atoms with Crippen LogP contribution in [0.3, 0.4) is 0 Å². The van der Waals surface area contributed by atoms with Gasteiger partial charge in [0.2, 0.25) is 5.91 Å². The Morgan fingerprint density at radius 3 is 2.71 bits per heavy atom. The van der Waals surface area contributed by atoms with Crippen LogP contribution < -0.4 is 5.32 Å². The second-order valence-electron chi connectivity index (χ2n) is 4.47. The summed E-state index contributed by atoms with van der Waals surface area (Å²) in [5, 5.41) is 3.59. The first kappa shape index (κ1) is 17.8. The SMILES string of the molecule is CCOC(=O)CCN(C)CC(=O)Nc1cc(Cl)ccc1Cl. The summed E-state index contributed by atoms with van der Waals surface area (Å²) in [4.78, 5) is 24.8. The minimum Gasteiger partial charge on any atom is -0.466 e. The van der Waals surface area contributed by atoms with Crippen molar-refractivity contribution in [1.82, 2.24) is 4.90 Å². The average Bonchev–Trinajstić information content (AvgIpc) is 2.41. The van der Waals surface area contributed by atoms with E-state index in [0.717, 1.165) is 0 Å². The van der Waals surface area contributed by atoms with E-state index in [2.05, 4.69) is 5.32 Å². The first-order valence-corrected chi connectivity index (χ1v) is 7.27. The van der Waals surface area contributed by atoms with Crippen LogP contribution in [0.25, 0.3) is 0 Å². The Balaban J connectivity index is 2.42. The molecule has 1 N–H and O–H groups in total. The molecule has 1 aromatic carbocycles. The molecule has 116 valence electrons. The fourth-order valence-electron chi connectivity index (χ4n) is 1.62. The van der Waals surface area contributed by atoms with Crippen LogP contribution in [0, 0.1) is 0 Å². The molecule has 0 radical (unpaired) electrons. The monoisotopic (exact) mass is 332 g/mol. The van der Waals surface area contributed by atoms with Gasteiger partial charge in [-0.1, -0.05) is 23.2 Å². The molecule has 0 saturated heterocycles. The number of hydrogen-bond donors (Lipinski definition) is 1. The van der Waals surface area contributed by atoms with Crippen LogP contribution >= 0.6 is 23.2 Å². The van der Waals surface area contributed by atoms with Crippen molar-refractivity contribution in [1.29, 1.82) is 0 Å². The number of ether oxygens (including phenoxy) is 1. The van der Waals surface area contributed by atoms with Crippen LogP contribution in [0.2, 0.25) is 10.0 Å². The molecule has 7 heteroatoms. The number of carbonyl (C=O) groups excluding carboxylic acids is 2. The average molecular weight is 333 g/mol. The molecule has 0 aliphatic heterocycles. The Kier molecular flexibility index (Phi) is 7.50. The standard InChI is InChI=1S/C14H18Cl2N2O3/c1-3-21-14(20)6-7-18(2)9-13(19)17-12-8-10(15)4-5-11(12)16/h4-5,8H,3,6-7,9H2,1-2H3,(H,17,19). The molecule has 1 rings (SSSR count). The molecule has 1 aromatic rings. The molecule has 0 aliphatic rings. The summed E-state index contributed by atoms with van der Waals surface area (Å²) in [6, 6.07) is 4.84. The molecular weight excluding hydrogens is 315 g/mol. The summed E-state index contributed by atoms with van der Waals surface area (Å²) in [6.45, 7) is 2.69. The molecule has 0 unspecified atom stereocenters. The van der Waals surface area contributed by atoms with Crippen molar-refractivity contribution in [2.45, 2.75) is 13.3 Å². The highest BCUT2D eigenvalue weighted by Gasteiger charge is 2.11. The molecule has 0 saturated carbocycles. The lowest BCUT2D eigenvalue weighted by Gasteiger charge is -2.16. The Hall–Kier alpha value is -1.30. The minimum absolute atomic E-state index is 0.141. The highest BCUT2D eigenvalue weighted by atomic mass is 35.5. The van der Waals surface area contributed by atoms with Crippen molar-refractivity contribution in [3.63, 3.8) is 0 Å². The maximum absolute atomic E-state index is 11.9. The molecule has 0 bridgehead atoms. The number of nitrogens with one attached hydrogen (secondary N) is 1. The fourth-order valence-corrected chi connectivity index (χ4v) is 1.96. The highest BCUT2D eigenvalue weighted by molar-refractivity contribution is 6.35. The quantitative estimate of drug-likeness (QED) is 0.780. The predicted molar refractivity (Wildman–Crippen MR) is 83.8 cm³/mol. The number of likely N-dealkylation sites (N-methyl/N-ethyl adjacent to an activating group) is 1. The van der Waals surface area contributed by atoms with Crippen molar-refractivity contribution >= 4 is 40.8 Å². The molecule has 21 heavy (non-hydrogen) atoms. The van der Waals surface area contributed by atoms with Crippen molar-refractivity contribution in [2.24, 2.45) is 0 Å². The Bertz CT molecular complexity index is 509. The topological polar surface area (TPSA) is 58.6 Å². The molecule has 5 nitrogen and oxygen atoms in total. The number of nitrogens with zero attached hydrogens (tertiary/aromatic N) is 1. The van der Waals surface area contributed by atoms with Crippen LogP contribution in [-0.2, 0) is 14.3 Å².